The van der Waals surface area contributed by atoms with E-state index in [1.165, 1.54) is 0 Å². The highest BCUT2D eigenvalue weighted by molar-refractivity contribution is 5.99. The lowest BCUT2D eigenvalue weighted by atomic mass is 9.93. The number of amides is 2. The van der Waals surface area contributed by atoms with Crippen molar-refractivity contribution in [2.24, 2.45) is 0 Å². The van der Waals surface area contributed by atoms with Crippen LogP contribution in [0.25, 0.3) is 0 Å². The van der Waals surface area contributed by atoms with Crippen molar-refractivity contribution >= 4 is 17.8 Å². The molecule has 2 aromatic carbocycles. The second kappa shape index (κ2) is 8.03. The van der Waals surface area contributed by atoms with Crippen molar-refractivity contribution in [3.63, 3.8) is 0 Å². The van der Waals surface area contributed by atoms with Gasteiger partial charge in [-0.1, -0.05) is 30.3 Å². The van der Waals surface area contributed by atoms with Gasteiger partial charge in [0.2, 0.25) is 5.91 Å². The molecule has 0 unspecified atom stereocenters. The minimum absolute atomic E-state index is 0.239. The Morgan fingerprint density at radius 3 is 2.63 bits per heavy atom. The monoisotopic (exact) mass is 366 g/mol. The average molecular weight is 366 g/mol. The van der Waals surface area contributed by atoms with E-state index in [9.17, 15) is 14.4 Å². The van der Waals surface area contributed by atoms with E-state index in [1.807, 2.05) is 37.3 Å². The van der Waals surface area contributed by atoms with E-state index in [2.05, 4.69) is 10.6 Å². The van der Waals surface area contributed by atoms with E-state index in [0.29, 0.717) is 24.1 Å². The Hall–Kier alpha value is -3.15. The summed E-state index contributed by atoms with van der Waals surface area (Å²) in [5.74, 6) is -0.990. The van der Waals surface area contributed by atoms with Crippen LogP contribution in [0.5, 0.6) is 0 Å². The van der Waals surface area contributed by atoms with Crippen molar-refractivity contribution in [2.45, 2.75) is 32.4 Å². The van der Waals surface area contributed by atoms with Crippen molar-refractivity contribution in [3.8, 4) is 0 Å². The Morgan fingerprint density at radius 2 is 1.93 bits per heavy atom. The molecule has 27 heavy (non-hydrogen) atoms. The lowest BCUT2D eigenvalue weighted by Gasteiger charge is -2.25. The Labute approximate surface area is 157 Å². The Morgan fingerprint density at radius 1 is 1.19 bits per heavy atom. The Kier molecular flexibility index (Phi) is 5.54. The minimum atomic E-state index is -0.643. The standard InChI is InChI=1S/C21H22N2O4/c1-3-22-19(24)13(2)23-20(25)15-9-10-17-16(11-15)12-18(27-21(17)26)14-7-5-4-6-8-14/h4-11,13,18H,3,12H2,1-2H3,(H,22,24)(H,23,25)/t13-,18+/m1/s1. The van der Waals surface area contributed by atoms with Gasteiger partial charge in [-0.3, -0.25) is 9.59 Å². The molecule has 140 valence electrons. The smallest absolute Gasteiger partial charge is 0.339 e. The number of esters is 1. The van der Waals surface area contributed by atoms with Crippen LogP contribution in [0.3, 0.4) is 0 Å². The van der Waals surface area contributed by atoms with Crippen LogP contribution in [-0.4, -0.2) is 30.4 Å². The Bertz CT molecular complexity index is 864. The molecule has 0 aromatic heterocycles. The zero-order valence-corrected chi connectivity index (χ0v) is 15.3. The molecule has 0 saturated heterocycles. The summed E-state index contributed by atoms with van der Waals surface area (Å²) in [5, 5.41) is 5.34. The first-order chi connectivity index (χ1) is 13.0. The predicted octanol–water partition coefficient (Wildman–Crippen LogP) is 2.40. The molecule has 0 aliphatic carbocycles. The van der Waals surface area contributed by atoms with E-state index in [4.69, 9.17) is 4.74 Å². The molecule has 2 aromatic rings. The lowest BCUT2D eigenvalue weighted by Crippen LogP contribution is -2.44. The van der Waals surface area contributed by atoms with Crippen molar-refractivity contribution in [1.29, 1.82) is 0 Å². The summed E-state index contributed by atoms with van der Waals surface area (Å²) < 4.78 is 5.53. The summed E-state index contributed by atoms with van der Waals surface area (Å²) in [4.78, 5) is 36.6. The van der Waals surface area contributed by atoms with Gasteiger partial charge in [0, 0.05) is 18.5 Å². The zero-order valence-electron chi connectivity index (χ0n) is 15.3. The molecule has 0 saturated carbocycles. The second-order valence-electron chi connectivity index (χ2n) is 6.47. The van der Waals surface area contributed by atoms with Gasteiger partial charge in [0.15, 0.2) is 0 Å². The third kappa shape index (κ3) is 4.16. The minimum Gasteiger partial charge on any atom is -0.454 e. The highest BCUT2D eigenvalue weighted by Gasteiger charge is 2.28. The summed E-state index contributed by atoms with van der Waals surface area (Å²) in [6, 6.07) is 13.7. The second-order valence-corrected chi connectivity index (χ2v) is 6.47. The topological polar surface area (TPSA) is 84.5 Å². The molecular formula is C21H22N2O4. The van der Waals surface area contributed by atoms with E-state index in [1.54, 1.807) is 25.1 Å². The fraction of sp³-hybridized carbons (Fsp3) is 0.286. The number of nitrogens with one attached hydrogen (secondary N) is 2. The molecule has 0 radical (unpaired) electrons. The van der Waals surface area contributed by atoms with Gasteiger partial charge < -0.3 is 15.4 Å². The third-order valence-corrected chi connectivity index (χ3v) is 4.51. The summed E-state index contributed by atoms with van der Waals surface area (Å²) in [5.41, 5.74) is 2.55. The maximum Gasteiger partial charge on any atom is 0.339 e. The maximum atomic E-state index is 12.5. The van der Waals surface area contributed by atoms with Crippen LogP contribution < -0.4 is 10.6 Å². The van der Waals surface area contributed by atoms with E-state index >= 15 is 0 Å². The third-order valence-electron chi connectivity index (χ3n) is 4.51. The van der Waals surface area contributed by atoms with E-state index < -0.39 is 12.0 Å². The number of cyclic esters (lactones) is 1. The molecule has 6 heteroatoms. The summed E-state index contributed by atoms with van der Waals surface area (Å²) >= 11 is 0. The fourth-order valence-electron chi connectivity index (χ4n) is 3.06. The first-order valence-electron chi connectivity index (χ1n) is 8.97. The van der Waals surface area contributed by atoms with Gasteiger partial charge in [-0.15, -0.1) is 0 Å². The molecule has 2 atom stereocenters. The van der Waals surface area contributed by atoms with Gasteiger partial charge in [0.05, 0.1) is 5.56 Å². The number of ether oxygens (including phenoxy) is 1. The van der Waals surface area contributed by atoms with Gasteiger partial charge in [0.1, 0.15) is 12.1 Å². The highest BCUT2D eigenvalue weighted by atomic mass is 16.5. The average Bonchev–Trinajstić information content (AvgIpc) is 2.68. The molecule has 2 N–H and O–H groups in total. The maximum absolute atomic E-state index is 12.5. The highest BCUT2D eigenvalue weighted by Crippen LogP contribution is 2.31. The first kappa shape index (κ1) is 18.6. The van der Waals surface area contributed by atoms with Crippen LogP contribution in [0.15, 0.2) is 48.5 Å². The zero-order chi connectivity index (χ0) is 19.4. The largest absolute Gasteiger partial charge is 0.454 e. The first-order valence-corrected chi connectivity index (χ1v) is 8.97. The summed E-state index contributed by atoms with van der Waals surface area (Å²) in [6.45, 7) is 3.95. The van der Waals surface area contributed by atoms with Crippen LogP contribution >= 0.6 is 0 Å². The fourth-order valence-corrected chi connectivity index (χ4v) is 3.06. The number of hydrogen-bond donors (Lipinski definition) is 2. The molecule has 1 aliphatic heterocycles. The molecule has 0 fully saturated rings. The van der Waals surface area contributed by atoms with Gasteiger partial charge >= 0.3 is 5.97 Å². The molecule has 0 spiro atoms. The van der Waals surface area contributed by atoms with Crippen molar-refractivity contribution in [1.82, 2.24) is 10.6 Å². The number of benzene rings is 2. The van der Waals surface area contributed by atoms with Crippen LogP contribution in [0, 0.1) is 0 Å². The number of likely N-dealkylation sites (N-methyl/N-ethyl adjacent to an activating group) is 1. The molecule has 0 bridgehead atoms. The van der Waals surface area contributed by atoms with Crippen LogP contribution in [0.4, 0.5) is 0 Å². The molecule has 2 amide bonds. The van der Waals surface area contributed by atoms with Gasteiger partial charge in [0.25, 0.3) is 5.91 Å². The number of hydrogen-bond acceptors (Lipinski definition) is 4. The van der Waals surface area contributed by atoms with Crippen LogP contribution in [0.2, 0.25) is 0 Å². The number of rotatable bonds is 5. The van der Waals surface area contributed by atoms with Gasteiger partial charge in [-0.25, -0.2) is 4.79 Å². The summed E-state index contributed by atoms with van der Waals surface area (Å²) in [6.07, 6.45) is 0.122. The van der Waals surface area contributed by atoms with Gasteiger partial charge in [-0.2, -0.15) is 0 Å². The van der Waals surface area contributed by atoms with Crippen molar-refractivity contribution < 1.29 is 19.1 Å². The van der Waals surface area contributed by atoms with E-state index in [0.717, 1.165) is 11.1 Å². The Balaban J connectivity index is 1.79. The predicted molar refractivity (Wildman–Crippen MR) is 100 cm³/mol. The van der Waals surface area contributed by atoms with Crippen molar-refractivity contribution in [3.05, 3.63) is 70.8 Å². The summed E-state index contributed by atoms with van der Waals surface area (Å²) in [7, 11) is 0. The van der Waals surface area contributed by atoms with E-state index in [-0.39, 0.29) is 17.9 Å². The quantitative estimate of drug-likeness (QED) is 0.796. The number of carbonyl (C=O) groups excluding carboxylic acids is 3. The molecule has 1 aliphatic rings. The molecule has 6 nitrogen and oxygen atoms in total. The molecular weight excluding hydrogens is 344 g/mol. The SMILES string of the molecule is CCNC(=O)[C@@H](C)NC(=O)c1ccc2c(c1)C[C@@H](c1ccccc1)OC2=O. The normalized spacial score (nSPS) is 16.7. The van der Waals surface area contributed by atoms with Crippen LogP contribution in [-0.2, 0) is 16.0 Å². The van der Waals surface area contributed by atoms with Crippen molar-refractivity contribution in [2.75, 3.05) is 6.54 Å². The number of fused-ring (bicyclic) bond motifs is 1. The number of carbonyl (C=O) groups is 3. The van der Waals surface area contributed by atoms with Crippen LogP contribution in [0.1, 0.15) is 51.8 Å². The lowest BCUT2D eigenvalue weighted by molar-refractivity contribution is -0.122. The van der Waals surface area contributed by atoms with Gasteiger partial charge in [-0.05, 0) is 43.2 Å². The molecule has 3 rings (SSSR count). The molecule has 1 heterocycles.